The average molecular weight is 286 g/mol. The molecule has 0 aliphatic rings. The fourth-order valence-electron chi connectivity index (χ4n) is 1.63. The van der Waals surface area contributed by atoms with Gasteiger partial charge >= 0.3 is 11.9 Å². The van der Waals surface area contributed by atoms with E-state index in [1.165, 1.54) is 6.08 Å². The van der Waals surface area contributed by atoms with Gasteiger partial charge in [-0.3, -0.25) is 4.55 Å². The topological polar surface area (TPSA) is 129 Å². The van der Waals surface area contributed by atoms with Crippen LogP contribution in [0.2, 0.25) is 0 Å². The van der Waals surface area contributed by atoms with E-state index in [1.807, 2.05) is 0 Å². The fourth-order valence-corrected chi connectivity index (χ4v) is 2.57. The van der Waals surface area contributed by atoms with Crippen LogP contribution in [-0.4, -0.2) is 35.1 Å². The van der Waals surface area contributed by atoms with E-state index >= 15 is 0 Å². The third-order valence-corrected chi connectivity index (χ3v) is 3.29. The highest BCUT2D eigenvalue weighted by Gasteiger charge is 2.29. The molecule has 1 aromatic rings. The van der Waals surface area contributed by atoms with Crippen molar-refractivity contribution in [3.8, 4) is 0 Å². The predicted molar refractivity (Wildman–Crippen MR) is 64.1 cm³/mol. The van der Waals surface area contributed by atoms with Crippen molar-refractivity contribution in [1.29, 1.82) is 0 Å². The maximum absolute atomic E-state index is 11.3. The van der Waals surface area contributed by atoms with E-state index in [2.05, 4.69) is 6.58 Å². The number of carbonyl (C=O) groups is 2. The maximum atomic E-state index is 11.3. The van der Waals surface area contributed by atoms with Gasteiger partial charge in [0.2, 0.25) is 0 Å². The molecule has 0 amide bonds. The lowest BCUT2D eigenvalue weighted by Gasteiger charge is -2.11. The van der Waals surface area contributed by atoms with Crippen LogP contribution in [0.4, 0.5) is 0 Å². The first-order valence-electron chi connectivity index (χ1n) is 4.91. The molecule has 0 radical (unpaired) electrons. The zero-order valence-electron chi connectivity index (χ0n) is 9.53. The van der Waals surface area contributed by atoms with E-state index < -0.39 is 38.1 Å². The van der Waals surface area contributed by atoms with E-state index in [4.69, 9.17) is 14.8 Å². The molecular weight excluding hydrogens is 276 g/mol. The summed E-state index contributed by atoms with van der Waals surface area (Å²) in [7, 11) is -4.88. The molecule has 0 aliphatic heterocycles. The highest BCUT2D eigenvalue weighted by Crippen LogP contribution is 2.25. The second kappa shape index (κ2) is 5.21. The van der Waals surface area contributed by atoms with E-state index in [-0.39, 0.29) is 12.0 Å². The Bertz CT molecular complexity index is 658. The molecule has 102 valence electrons. The molecule has 0 fully saturated rings. The Labute approximate surface area is 108 Å². The highest BCUT2D eigenvalue weighted by molar-refractivity contribution is 7.86. The standard InChI is InChI=1S/C11H10O7S/c1-2-3-6-4-5-7(10(12)13)8(11(14)15)9(6)19(16,17)18/h2,4-5H,1,3H2,(H,12,13)(H,14,15)(H,16,17,18). The molecule has 0 saturated heterocycles. The molecular formula is C11H10O7S. The monoisotopic (exact) mass is 286 g/mol. The molecule has 0 bridgehead atoms. The van der Waals surface area contributed by atoms with Crippen molar-refractivity contribution >= 4 is 22.1 Å². The Kier molecular flexibility index (Phi) is 4.07. The molecule has 1 aromatic carbocycles. The molecule has 0 heterocycles. The molecule has 7 nitrogen and oxygen atoms in total. The first-order chi connectivity index (χ1) is 8.70. The van der Waals surface area contributed by atoms with Crippen molar-refractivity contribution in [2.24, 2.45) is 0 Å². The minimum absolute atomic E-state index is 0.0324. The zero-order valence-corrected chi connectivity index (χ0v) is 10.3. The van der Waals surface area contributed by atoms with Crippen molar-refractivity contribution in [3.63, 3.8) is 0 Å². The molecule has 0 unspecified atom stereocenters. The Morgan fingerprint density at radius 2 is 1.79 bits per heavy atom. The zero-order chi connectivity index (χ0) is 14.8. The van der Waals surface area contributed by atoms with Crippen LogP contribution in [0.25, 0.3) is 0 Å². The Hall–Kier alpha value is -2.19. The number of carboxylic acid groups (broad SMARTS) is 2. The third kappa shape index (κ3) is 2.98. The SMILES string of the molecule is C=CCc1ccc(C(=O)O)c(C(=O)O)c1S(=O)(=O)O. The highest BCUT2D eigenvalue weighted by atomic mass is 32.2. The quantitative estimate of drug-likeness (QED) is 0.545. The summed E-state index contributed by atoms with van der Waals surface area (Å²) < 4.78 is 31.7. The minimum Gasteiger partial charge on any atom is -0.478 e. The van der Waals surface area contributed by atoms with Crippen molar-refractivity contribution < 1.29 is 32.8 Å². The van der Waals surface area contributed by atoms with Crippen LogP contribution in [0.15, 0.2) is 29.7 Å². The van der Waals surface area contributed by atoms with Crippen LogP contribution in [-0.2, 0) is 16.5 Å². The van der Waals surface area contributed by atoms with Gasteiger partial charge in [0.1, 0.15) is 4.90 Å². The Morgan fingerprint density at radius 3 is 2.16 bits per heavy atom. The largest absolute Gasteiger partial charge is 0.478 e. The first kappa shape index (κ1) is 14.9. The number of rotatable bonds is 5. The summed E-state index contributed by atoms with van der Waals surface area (Å²) in [4.78, 5) is 21.1. The molecule has 0 aliphatic carbocycles. The van der Waals surface area contributed by atoms with Gasteiger partial charge in [0, 0.05) is 0 Å². The lowest BCUT2D eigenvalue weighted by atomic mass is 10.0. The third-order valence-electron chi connectivity index (χ3n) is 2.31. The van der Waals surface area contributed by atoms with Gasteiger partial charge in [-0.1, -0.05) is 12.1 Å². The summed E-state index contributed by atoms with van der Waals surface area (Å²) >= 11 is 0. The van der Waals surface area contributed by atoms with Crippen molar-refractivity contribution in [2.75, 3.05) is 0 Å². The van der Waals surface area contributed by atoms with Crippen molar-refractivity contribution in [3.05, 3.63) is 41.5 Å². The number of hydrogen-bond donors (Lipinski definition) is 3. The Morgan fingerprint density at radius 1 is 1.21 bits per heavy atom. The van der Waals surface area contributed by atoms with Gasteiger partial charge in [-0.25, -0.2) is 9.59 Å². The summed E-state index contributed by atoms with van der Waals surface area (Å²) in [5, 5.41) is 17.9. The van der Waals surface area contributed by atoms with Gasteiger partial charge in [0.05, 0.1) is 11.1 Å². The Balaban J connectivity index is 3.87. The second-order valence-electron chi connectivity index (χ2n) is 3.55. The number of benzene rings is 1. The summed E-state index contributed by atoms with van der Waals surface area (Å²) in [6, 6.07) is 2.10. The van der Waals surface area contributed by atoms with Gasteiger partial charge < -0.3 is 10.2 Å². The second-order valence-corrected chi connectivity index (χ2v) is 4.91. The summed E-state index contributed by atoms with van der Waals surface area (Å²) in [6.07, 6.45) is 1.27. The normalized spacial score (nSPS) is 11.0. The van der Waals surface area contributed by atoms with Crippen LogP contribution in [0.1, 0.15) is 26.3 Å². The van der Waals surface area contributed by atoms with Crippen LogP contribution >= 0.6 is 0 Å². The molecule has 0 atom stereocenters. The smallest absolute Gasteiger partial charge is 0.338 e. The van der Waals surface area contributed by atoms with Gasteiger partial charge in [-0.15, -0.1) is 6.58 Å². The van der Waals surface area contributed by atoms with Crippen LogP contribution in [0, 0.1) is 0 Å². The molecule has 1 rings (SSSR count). The first-order valence-corrected chi connectivity index (χ1v) is 6.35. The van der Waals surface area contributed by atoms with Crippen LogP contribution < -0.4 is 0 Å². The lowest BCUT2D eigenvalue weighted by molar-refractivity contribution is 0.0648. The van der Waals surface area contributed by atoms with Gasteiger partial charge in [-0.05, 0) is 18.1 Å². The van der Waals surface area contributed by atoms with Crippen molar-refractivity contribution in [1.82, 2.24) is 0 Å². The van der Waals surface area contributed by atoms with Crippen LogP contribution in [0.3, 0.4) is 0 Å². The minimum atomic E-state index is -4.88. The van der Waals surface area contributed by atoms with Gasteiger partial charge in [0.15, 0.2) is 0 Å². The summed E-state index contributed by atoms with van der Waals surface area (Å²) in [5.41, 5.74) is -1.72. The number of aromatic carboxylic acids is 2. The number of hydrogen-bond acceptors (Lipinski definition) is 4. The van der Waals surface area contributed by atoms with E-state index in [0.717, 1.165) is 12.1 Å². The maximum Gasteiger partial charge on any atom is 0.338 e. The summed E-state index contributed by atoms with van der Waals surface area (Å²) in [5.74, 6) is -3.36. The number of allylic oxidation sites excluding steroid dienone is 1. The van der Waals surface area contributed by atoms with Gasteiger partial charge in [-0.2, -0.15) is 8.42 Å². The van der Waals surface area contributed by atoms with E-state index in [9.17, 15) is 18.0 Å². The average Bonchev–Trinajstić information content (AvgIpc) is 2.26. The molecule has 19 heavy (non-hydrogen) atoms. The number of carboxylic acids is 2. The van der Waals surface area contributed by atoms with Crippen molar-refractivity contribution in [2.45, 2.75) is 11.3 Å². The molecule has 8 heteroatoms. The van der Waals surface area contributed by atoms with Crippen LogP contribution in [0.5, 0.6) is 0 Å². The molecule has 3 N–H and O–H groups in total. The molecule has 0 aromatic heterocycles. The van der Waals surface area contributed by atoms with E-state index in [1.54, 1.807) is 0 Å². The fraction of sp³-hybridized carbons (Fsp3) is 0.0909. The molecule has 0 spiro atoms. The predicted octanol–water partition coefficient (Wildman–Crippen LogP) is 1.06. The van der Waals surface area contributed by atoms with E-state index in [0.29, 0.717) is 0 Å². The van der Waals surface area contributed by atoms with Gasteiger partial charge in [0.25, 0.3) is 10.1 Å². The lowest BCUT2D eigenvalue weighted by Crippen LogP contribution is -2.16. The summed E-state index contributed by atoms with van der Waals surface area (Å²) in [6.45, 7) is 3.37. The molecule has 0 saturated carbocycles.